The molecule has 0 saturated carbocycles. The molecule has 0 amide bonds. The Hall–Kier alpha value is -1.69. The molecule has 0 aliphatic rings. The summed E-state index contributed by atoms with van der Waals surface area (Å²) < 4.78 is 1.61. The lowest BCUT2D eigenvalue weighted by atomic mass is 10.4. The largest absolute Gasteiger partial charge is 0.480 e. The van der Waals surface area contributed by atoms with Crippen LogP contribution in [0.1, 0.15) is 10.8 Å². The molecule has 0 radical (unpaired) electrons. The van der Waals surface area contributed by atoms with E-state index in [1.165, 1.54) is 11.3 Å². The zero-order valence-electron chi connectivity index (χ0n) is 7.83. The van der Waals surface area contributed by atoms with Crippen LogP contribution in [-0.2, 0) is 17.8 Å². The molecular formula is C9H9N3O2S. The maximum atomic E-state index is 10.6. The molecule has 15 heavy (non-hydrogen) atoms. The molecule has 2 aromatic rings. The van der Waals surface area contributed by atoms with Gasteiger partial charge in [0.15, 0.2) is 0 Å². The van der Waals surface area contributed by atoms with Crippen LogP contribution in [0.15, 0.2) is 24.0 Å². The van der Waals surface area contributed by atoms with E-state index in [1.807, 2.05) is 5.38 Å². The Kier molecular flexibility index (Phi) is 2.77. The van der Waals surface area contributed by atoms with Crippen LogP contribution < -0.4 is 0 Å². The molecule has 2 heterocycles. The smallest absolute Gasteiger partial charge is 0.323 e. The fourth-order valence-corrected chi connectivity index (χ4v) is 1.89. The first kappa shape index (κ1) is 9.85. The van der Waals surface area contributed by atoms with Crippen LogP contribution in [0.4, 0.5) is 0 Å². The van der Waals surface area contributed by atoms with Gasteiger partial charge in [0.1, 0.15) is 12.4 Å². The van der Waals surface area contributed by atoms with Gasteiger partial charge in [0.05, 0.1) is 11.4 Å². The molecule has 2 aromatic heterocycles. The van der Waals surface area contributed by atoms with Crippen molar-refractivity contribution in [3.63, 3.8) is 0 Å². The SMILES string of the molecule is O=C(O)Cn1ccnc1Cc1nccs1. The molecule has 0 aliphatic heterocycles. The first-order valence-corrected chi connectivity index (χ1v) is 5.24. The van der Waals surface area contributed by atoms with Crippen LogP contribution in [0.5, 0.6) is 0 Å². The Bertz CT molecular complexity index is 450. The van der Waals surface area contributed by atoms with Crippen molar-refractivity contribution in [2.24, 2.45) is 0 Å². The summed E-state index contributed by atoms with van der Waals surface area (Å²) in [6, 6.07) is 0. The molecule has 0 aliphatic carbocycles. The summed E-state index contributed by atoms with van der Waals surface area (Å²) in [5, 5.41) is 11.5. The van der Waals surface area contributed by atoms with E-state index in [1.54, 1.807) is 23.2 Å². The van der Waals surface area contributed by atoms with Crippen molar-refractivity contribution in [2.75, 3.05) is 0 Å². The number of carboxylic acid groups (broad SMARTS) is 1. The highest BCUT2D eigenvalue weighted by Crippen LogP contribution is 2.10. The van der Waals surface area contributed by atoms with Gasteiger partial charge < -0.3 is 9.67 Å². The normalized spacial score (nSPS) is 10.4. The average molecular weight is 223 g/mol. The number of aromatic nitrogens is 3. The summed E-state index contributed by atoms with van der Waals surface area (Å²) >= 11 is 1.54. The average Bonchev–Trinajstić information content (AvgIpc) is 2.78. The second kappa shape index (κ2) is 4.22. The van der Waals surface area contributed by atoms with Gasteiger partial charge in [-0.1, -0.05) is 0 Å². The maximum Gasteiger partial charge on any atom is 0.323 e. The monoisotopic (exact) mass is 223 g/mol. The highest BCUT2D eigenvalue weighted by molar-refractivity contribution is 7.09. The zero-order chi connectivity index (χ0) is 10.7. The van der Waals surface area contributed by atoms with E-state index in [2.05, 4.69) is 9.97 Å². The number of nitrogens with zero attached hydrogens (tertiary/aromatic N) is 3. The number of carboxylic acids is 1. The summed E-state index contributed by atoms with van der Waals surface area (Å²) in [6.07, 6.45) is 5.57. The third-order valence-corrected chi connectivity index (χ3v) is 2.68. The van der Waals surface area contributed by atoms with Crippen molar-refractivity contribution in [2.45, 2.75) is 13.0 Å². The Labute approximate surface area is 90.0 Å². The maximum absolute atomic E-state index is 10.6. The molecule has 0 unspecified atom stereocenters. The summed E-state index contributed by atoms with van der Waals surface area (Å²) in [5.74, 6) is -0.138. The van der Waals surface area contributed by atoms with Crippen LogP contribution in [-0.4, -0.2) is 25.6 Å². The molecule has 78 valence electrons. The summed E-state index contributed by atoms with van der Waals surface area (Å²) in [4.78, 5) is 18.8. The van der Waals surface area contributed by atoms with Gasteiger partial charge in [-0.15, -0.1) is 11.3 Å². The fraction of sp³-hybridized carbons (Fsp3) is 0.222. The third-order valence-electron chi connectivity index (χ3n) is 1.90. The van der Waals surface area contributed by atoms with Crippen molar-refractivity contribution >= 4 is 17.3 Å². The third kappa shape index (κ3) is 2.41. The van der Waals surface area contributed by atoms with Crippen molar-refractivity contribution in [3.05, 3.63) is 34.8 Å². The van der Waals surface area contributed by atoms with Crippen molar-refractivity contribution in [3.8, 4) is 0 Å². The van der Waals surface area contributed by atoms with Gasteiger partial charge in [0, 0.05) is 24.0 Å². The van der Waals surface area contributed by atoms with E-state index >= 15 is 0 Å². The van der Waals surface area contributed by atoms with E-state index in [0.29, 0.717) is 6.42 Å². The molecule has 0 atom stereocenters. The van der Waals surface area contributed by atoms with Crippen LogP contribution in [0.3, 0.4) is 0 Å². The van der Waals surface area contributed by atoms with E-state index in [0.717, 1.165) is 10.8 Å². The van der Waals surface area contributed by atoms with Crippen molar-refractivity contribution < 1.29 is 9.90 Å². The van der Waals surface area contributed by atoms with Gasteiger partial charge in [-0.3, -0.25) is 4.79 Å². The van der Waals surface area contributed by atoms with Crippen LogP contribution in [0.2, 0.25) is 0 Å². The van der Waals surface area contributed by atoms with Gasteiger partial charge in [0.2, 0.25) is 0 Å². The molecule has 0 fully saturated rings. The van der Waals surface area contributed by atoms with Gasteiger partial charge in [-0.2, -0.15) is 0 Å². The van der Waals surface area contributed by atoms with Crippen molar-refractivity contribution in [1.29, 1.82) is 0 Å². The number of thiazole rings is 1. The predicted octanol–water partition coefficient (Wildman–Crippen LogP) is 1.02. The minimum atomic E-state index is -0.867. The first-order valence-electron chi connectivity index (χ1n) is 4.36. The minimum absolute atomic E-state index is 0.0549. The van der Waals surface area contributed by atoms with Crippen LogP contribution in [0, 0.1) is 0 Å². The van der Waals surface area contributed by atoms with E-state index in [4.69, 9.17) is 5.11 Å². The lowest BCUT2D eigenvalue weighted by Gasteiger charge is -2.02. The second-order valence-corrected chi connectivity index (χ2v) is 3.95. The lowest BCUT2D eigenvalue weighted by molar-refractivity contribution is -0.137. The molecule has 0 spiro atoms. The number of hydrogen-bond donors (Lipinski definition) is 1. The van der Waals surface area contributed by atoms with Gasteiger partial charge in [-0.25, -0.2) is 9.97 Å². The Morgan fingerprint density at radius 2 is 2.33 bits per heavy atom. The number of imidazole rings is 1. The Morgan fingerprint density at radius 3 is 3.00 bits per heavy atom. The van der Waals surface area contributed by atoms with Crippen LogP contribution in [0.25, 0.3) is 0 Å². The second-order valence-electron chi connectivity index (χ2n) is 2.97. The topological polar surface area (TPSA) is 68.0 Å². The van der Waals surface area contributed by atoms with Gasteiger partial charge in [-0.05, 0) is 0 Å². The molecule has 2 rings (SSSR count). The standard InChI is InChI=1S/C9H9N3O2S/c13-9(14)6-12-3-1-10-7(12)5-8-11-2-4-15-8/h1-4H,5-6H2,(H,13,14). The molecule has 0 aromatic carbocycles. The number of rotatable bonds is 4. The zero-order valence-corrected chi connectivity index (χ0v) is 8.65. The lowest BCUT2D eigenvalue weighted by Crippen LogP contribution is -2.11. The minimum Gasteiger partial charge on any atom is -0.480 e. The quantitative estimate of drug-likeness (QED) is 0.840. The summed E-state index contributed by atoms with van der Waals surface area (Å²) in [5.41, 5.74) is 0. The molecule has 5 nitrogen and oxygen atoms in total. The van der Waals surface area contributed by atoms with E-state index in [-0.39, 0.29) is 6.54 Å². The first-order chi connectivity index (χ1) is 7.25. The summed E-state index contributed by atoms with van der Waals surface area (Å²) in [6.45, 7) is -0.0549. The van der Waals surface area contributed by atoms with Gasteiger partial charge >= 0.3 is 5.97 Å². The molecule has 1 N–H and O–H groups in total. The number of aliphatic carboxylic acids is 1. The van der Waals surface area contributed by atoms with Gasteiger partial charge in [0.25, 0.3) is 0 Å². The molecular weight excluding hydrogens is 214 g/mol. The van der Waals surface area contributed by atoms with Crippen LogP contribution >= 0.6 is 11.3 Å². The molecule has 0 bridgehead atoms. The highest BCUT2D eigenvalue weighted by atomic mass is 32.1. The fourth-order valence-electron chi connectivity index (χ4n) is 1.27. The highest BCUT2D eigenvalue weighted by Gasteiger charge is 2.08. The Morgan fingerprint density at radius 1 is 1.47 bits per heavy atom. The predicted molar refractivity (Wildman–Crippen MR) is 54.8 cm³/mol. The number of hydrogen-bond acceptors (Lipinski definition) is 4. The van der Waals surface area contributed by atoms with E-state index in [9.17, 15) is 4.79 Å². The molecule has 0 saturated heterocycles. The molecule has 6 heteroatoms. The number of carbonyl (C=O) groups is 1. The van der Waals surface area contributed by atoms with E-state index < -0.39 is 5.97 Å². The Balaban J connectivity index is 2.14. The summed E-state index contributed by atoms with van der Waals surface area (Å²) in [7, 11) is 0. The van der Waals surface area contributed by atoms with Crippen molar-refractivity contribution in [1.82, 2.24) is 14.5 Å².